The highest BCUT2D eigenvalue weighted by Gasteiger charge is 2.15. The second-order valence-electron chi connectivity index (χ2n) is 4.83. The van der Waals surface area contributed by atoms with E-state index >= 15 is 0 Å². The topological polar surface area (TPSA) is 95.7 Å². The van der Waals surface area contributed by atoms with Crippen LogP contribution in [0.2, 0.25) is 0 Å². The Labute approximate surface area is 132 Å². The van der Waals surface area contributed by atoms with E-state index in [2.05, 4.69) is 15.9 Å². The predicted octanol–water partition coefficient (Wildman–Crippen LogP) is 1.93. The van der Waals surface area contributed by atoms with E-state index < -0.39 is 16.0 Å². The molecule has 2 N–H and O–H groups in total. The smallest absolute Gasteiger partial charge is 0.338 e. The second kappa shape index (κ2) is 7.88. The number of rotatable bonds is 7. The van der Waals surface area contributed by atoms with Gasteiger partial charge in [0.15, 0.2) is 0 Å². The highest BCUT2D eigenvalue weighted by atomic mass is 79.9. The summed E-state index contributed by atoms with van der Waals surface area (Å²) in [4.78, 5) is 11.7. The molecule has 1 aromatic carbocycles. The molecule has 0 amide bonds. The number of carbonyl (C=O) groups excluding carboxylic acids is 1. The summed E-state index contributed by atoms with van der Waals surface area (Å²) in [6.07, 6.45) is 0. The first kappa shape index (κ1) is 18.1. The molecule has 0 spiro atoms. The summed E-state index contributed by atoms with van der Waals surface area (Å²) >= 11 is 3.13. The number of ether oxygens (including phenoxy) is 2. The van der Waals surface area contributed by atoms with Gasteiger partial charge in [-0.3, -0.25) is 0 Å². The molecule has 0 fully saturated rings. The molecule has 0 aromatic heterocycles. The Bertz CT molecular complexity index is 601. The van der Waals surface area contributed by atoms with Gasteiger partial charge in [0.1, 0.15) is 6.61 Å². The molecule has 0 saturated carbocycles. The number of hydrogen-bond donors (Lipinski definition) is 1. The Morgan fingerprint density at radius 2 is 1.95 bits per heavy atom. The number of primary sulfonamides is 1. The van der Waals surface area contributed by atoms with E-state index in [-0.39, 0.29) is 17.1 Å². The van der Waals surface area contributed by atoms with Crippen LogP contribution in [0, 0.1) is 5.92 Å². The fourth-order valence-electron chi connectivity index (χ4n) is 1.44. The first-order valence-electron chi connectivity index (χ1n) is 6.28. The van der Waals surface area contributed by atoms with E-state index in [0.717, 1.165) is 0 Å². The summed E-state index contributed by atoms with van der Waals surface area (Å²) in [5, 5.41) is 5.04. The summed E-state index contributed by atoms with van der Waals surface area (Å²) in [5.74, 6) is -0.225. The minimum Gasteiger partial charge on any atom is -0.460 e. The van der Waals surface area contributed by atoms with Crippen LogP contribution in [0.15, 0.2) is 27.6 Å². The van der Waals surface area contributed by atoms with Crippen molar-refractivity contribution in [2.45, 2.75) is 18.7 Å². The summed E-state index contributed by atoms with van der Waals surface area (Å²) < 4.78 is 33.3. The largest absolute Gasteiger partial charge is 0.460 e. The molecular formula is C13H18BrNO5S. The highest BCUT2D eigenvalue weighted by molar-refractivity contribution is 9.10. The number of sulfonamides is 1. The zero-order valence-corrected chi connectivity index (χ0v) is 14.2. The third-order valence-corrected chi connectivity index (χ3v) is 3.70. The van der Waals surface area contributed by atoms with Gasteiger partial charge in [0, 0.05) is 11.1 Å². The van der Waals surface area contributed by atoms with Crippen LogP contribution >= 0.6 is 15.9 Å². The van der Waals surface area contributed by atoms with E-state index in [4.69, 9.17) is 14.6 Å². The molecule has 0 unspecified atom stereocenters. The monoisotopic (exact) mass is 379 g/mol. The van der Waals surface area contributed by atoms with E-state index in [1.807, 2.05) is 13.8 Å². The molecule has 8 heteroatoms. The van der Waals surface area contributed by atoms with Gasteiger partial charge in [-0.2, -0.15) is 0 Å². The van der Waals surface area contributed by atoms with Gasteiger partial charge in [-0.15, -0.1) is 0 Å². The Balaban J connectivity index is 2.64. The van der Waals surface area contributed by atoms with Crippen LogP contribution in [0.1, 0.15) is 24.2 Å². The summed E-state index contributed by atoms with van der Waals surface area (Å²) in [5.41, 5.74) is 0.109. The number of carbonyl (C=O) groups is 1. The standard InChI is InChI=1S/C13H18BrNO5S/c1-9(2)8-19-3-4-20-13(16)10-5-11(14)7-12(6-10)21(15,17)18/h5-7,9H,3-4,8H2,1-2H3,(H2,15,17,18). The third-order valence-electron chi connectivity index (χ3n) is 2.35. The third kappa shape index (κ3) is 6.56. The van der Waals surface area contributed by atoms with Crippen molar-refractivity contribution in [3.05, 3.63) is 28.2 Å². The van der Waals surface area contributed by atoms with Crippen molar-refractivity contribution in [2.24, 2.45) is 11.1 Å². The van der Waals surface area contributed by atoms with Crippen LogP contribution < -0.4 is 5.14 Å². The highest BCUT2D eigenvalue weighted by Crippen LogP contribution is 2.19. The molecule has 0 aliphatic carbocycles. The predicted molar refractivity (Wildman–Crippen MR) is 81.5 cm³/mol. The van der Waals surface area contributed by atoms with Crippen LogP contribution in [0.5, 0.6) is 0 Å². The number of nitrogens with two attached hydrogens (primary N) is 1. The molecule has 0 aliphatic rings. The van der Waals surface area contributed by atoms with E-state index in [1.165, 1.54) is 18.2 Å². The van der Waals surface area contributed by atoms with Gasteiger partial charge in [0.2, 0.25) is 10.0 Å². The van der Waals surface area contributed by atoms with Gasteiger partial charge >= 0.3 is 5.97 Å². The molecule has 6 nitrogen and oxygen atoms in total. The van der Waals surface area contributed by atoms with Crippen LogP contribution in [0.3, 0.4) is 0 Å². The van der Waals surface area contributed by atoms with Gasteiger partial charge in [0.05, 0.1) is 17.1 Å². The fraction of sp³-hybridized carbons (Fsp3) is 0.462. The van der Waals surface area contributed by atoms with Crippen molar-refractivity contribution >= 4 is 31.9 Å². The molecule has 1 aromatic rings. The molecular weight excluding hydrogens is 362 g/mol. The second-order valence-corrected chi connectivity index (χ2v) is 7.30. The van der Waals surface area contributed by atoms with Gasteiger partial charge < -0.3 is 9.47 Å². The fourth-order valence-corrected chi connectivity index (χ4v) is 2.67. The van der Waals surface area contributed by atoms with Crippen molar-refractivity contribution in [3.63, 3.8) is 0 Å². The normalized spacial score (nSPS) is 11.7. The van der Waals surface area contributed by atoms with Gasteiger partial charge in [-0.1, -0.05) is 29.8 Å². The number of benzene rings is 1. The number of esters is 1. The molecule has 0 saturated heterocycles. The summed E-state index contributed by atoms with van der Waals surface area (Å²) in [7, 11) is -3.88. The molecule has 1 rings (SSSR count). The molecule has 0 heterocycles. The number of hydrogen-bond acceptors (Lipinski definition) is 5. The van der Waals surface area contributed by atoms with Crippen molar-refractivity contribution in [1.82, 2.24) is 0 Å². The van der Waals surface area contributed by atoms with Gasteiger partial charge in [-0.25, -0.2) is 18.4 Å². The van der Waals surface area contributed by atoms with Crippen LogP contribution in [-0.4, -0.2) is 34.2 Å². The molecule has 0 bridgehead atoms. The zero-order valence-electron chi connectivity index (χ0n) is 11.8. The van der Waals surface area contributed by atoms with Gasteiger partial charge in [-0.05, 0) is 24.1 Å². The van der Waals surface area contributed by atoms with Crippen LogP contribution in [0.25, 0.3) is 0 Å². The maximum Gasteiger partial charge on any atom is 0.338 e. The first-order valence-corrected chi connectivity index (χ1v) is 8.62. The van der Waals surface area contributed by atoms with Crippen molar-refractivity contribution in [2.75, 3.05) is 19.8 Å². The average molecular weight is 380 g/mol. The minimum absolute atomic E-state index is 0.1000. The minimum atomic E-state index is -3.88. The lowest BCUT2D eigenvalue weighted by Crippen LogP contribution is -2.15. The summed E-state index contributed by atoms with van der Waals surface area (Å²) in [6.45, 7) is 5.01. The summed E-state index contributed by atoms with van der Waals surface area (Å²) in [6, 6.07) is 3.96. The quantitative estimate of drug-likeness (QED) is 0.576. The van der Waals surface area contributed by atoms with Gasteiger partial charge in [0.25, 0.3) is 0 Å². The SMILES string of the molecule is CC(C)COCCOC(=O)c1cc(Br)cc(S(N)(=O)=O)c1. The lowest BCUT2D eigenvalue weighted by atomic mass is 10.2. The molecule has 21 heavy (non-hydrogen) atoms. The Hall–Kier alpha value is -0.960. The number of halogens is 1. The van der Waals surface area contributed by atoms with Crippen LogP contribution in [0.4, 0.5) is 0 Å². The van der Waals surface area contributed by atoms with E-state index in [9.17, 15) is 13.2 Å². The molecule has 0 aliphatic heterocycles. The molecule has 0 atom stereocenters. The molecule has 118 valence electrons. The lowest BCUT2D eigenvalue weighted by Gasteiger charge is -2.08. The maximum atomic E-state index is 11.8. The Kier molecular flexibility index (Phi) is 6.79. The zero-order chi connectivity index (χ0) is 16.0. The first-order chi connectivity index (χ1) is 9.70. The van der Waals surface area contributed by atoms with E-state index in [1.54, 1.807) is 0 Å². The average Bonchev–Trinajstić information content (AvgIpc) is 2.36. The van der Waals surface area contributed by atoms with Crippen LogP contribution in [-0.2, 0) is 19.5 Å². The lowest BCUT2D eigenvalue weighted by molar-refractivity contribution is 0.0277. The van der Waals surface area contributed by atoms with Crippen molar-refractivity contribution < 1.29 is 22.7 Å². The molecule has 0 radical (unpaired) electrons. The Morgan fingerprint density at radius 3 is 2.52 bits per heavy atom. The van der Waals surface area contributed by atoms with E-state index in [0.29, 0.717) is 23.6 Å². The maximum absolute atomic E-state index is 11.8. The Morgan fingerprint density at radius 1 is 1.29 bits per heavy atom. The van der Waals surface area contributed by atoms with Crippen molar-refractivity contribution in [3.8, 4) is 0 Å². The van der Waals surface area contributed by atoms with Crippen molar-refractivity contribution in [1.29, 1.82) is 0 Å².